The summed E-state index contributed by atoms with van der Waals surface area (Å²) in [6, 6.07) is -0.184. The molecule has 106 valence electrons. The molecule has 4 nitrogen and oxygen atoms in total. The Labute approximate surface area is 111 Å². The van der Waals surface area contributed by atoms with E-state index in [1.165, 1.54) is 0 Å². The van der Waals surface area contributed by atoms with Gasteiger partial charge in [-0.15, -0.1) is 0 Å². The number of carbonyl (C=O) groups excluding carboxylic acids is 1. The monoisotopic (exact) mass is 256 g/mol. The highest BCUT2D eigenvalue weighted by molar-refractivity contribution is 5.82. The van der Waals surface area contributed by atoms with Gasteiger partial charge in [0.05, 0.1) is 12.1 Å². The number of rotatable bonds is 5. The van der Waals surface area contributed by atoms with Gasteiger partial charge in [0.15, 0.2) is 0 Å². The van der Waals surface area contributed by atoms with Crippen LogP contribution in [0.4, 0.5) is 0 Å². The maximum Gasteiger partial charge on any atom is 0.237 e. The quantitative estimate of drug-likeness (QED) is 0.786. The molecular formula is C14H28N2O2. The van der Waals surface area contributed by atoms with Crippen molar-refractivity contribution < 1.29 is 9.53 Å². The highest BCUT2D eigenvalue weighted by Gasteiger charge is 2.26. The van der Waals surface area contributed by atoms with Crippen molar-refractivity contribution in [3.63, 3.8) is 0 Å². The van der Waals surface area contributed by atoms with E-state index in [0.717, 1.165) is 25.9 Å². The van der Waals surface area contributed by atoms with Gasteiger partial charge >= 0.3 is 0 Å². The minimum atomic E-state index is -0.406. The van der Waals surface area contributed by atoms with Crippen LogP contribution in [0.25, 0.3) is 0 Å². The minimum absolute atomic E-state index is 0.0276. The van der Waals surface area contributed by atoms with Gasteiger partial charge in [-0.1, -0.05) is 27.7 Å². The average molecular weight is 256 g/mol. The third kappa shape index (κ3) is 4.94. The first kappa shape index (κ1) is 15.4. The van der Waals surface area contributed by atoms with E-state index in [2.05, 4.69) is 19.2 Å². The molecule has 3 atom stereocenters. The van der Waals surface area contributed by atoms with Crippen LogP contribution >= 0.6 is 0 Å². The number of carbonyl (C=O) groups is 1. The average Bonchev–Trinajstić information content (AvgIpc) is 2.27. The minimum Gasteiger partial charge on any atom is -0.378 e. The van der Waals surface area contributed by atoms with Gasteiger partial charge in [-0.3, -0.25) is 4.79 Å². The number of ether oxygens (including phenoxy) is 1. The predicted octanol–water partition coefficient (Wildman–Crippen LogP) is 1.68. The van der Waals surface area contributed by atoms with Gasteiger partial charge in [0, 0.05) is 12.6 Å². The Morgan fingerprint density at radius 3 is 2.61 bits per heavy atom. The van der Waals surface area contributed by atoms with Crippen LogP contribution in [0.2, 0.25) is 0 Å². The molecule has 0 aromatic carbocycles. The van der Waals surface area contributed by atoms with E-state index in [0.29, 0.717) is 5.92 Å². The van der Waals surface area contributed by atoms with Gasteiger partial charge < -0.3 is 15.8 Å². The normalized spacial score (nSPS) is 26.4. The molecule has 3 N–H and O–H groups in total. The van der Waals surface area contributed by atoms with E-state index in [1.54, 1.807) is 0 Å². The number of nitrogens with one attached hydrogen (secondary N) is 1. The molecule has 1 rings (SSSR count). The summed E-state index contributed by atoms with van der Waals surface area (Å²) < 4.78 is 5.73. The number of amides is 1. The maximum atomic E-state index is 11.9. The van der Waals surface area contributed by atoms with Crippen LogP contribution in [-0.4, -0.2) is 30.7 Å². The number of nitrogens with two attached hydrogens (primary N) is 1. The van der Waals surface area contributed by atoms with Crippen molar-refractivity contribution in [2.45, 2.75) is 65.1 Å². The van der Waals surface area contributed by atoms with Crippen molar-refractivity contribution in [2.24, 2.45) is 17.6 Å². The Bertz CT molecular complexity index is 267. The Morgan fingerprint density at radius 2 is 2.06 bits per heavy atom. The molecule has 18 heavy (non-hydrogen) atoms. The van der Waals surface area contributed by atoms with Crippen LogP contribution in [0.1, 0.15) is 47.0 Å². The molecule has 0 saturated carbocycles. The molecule has 0 spiro atoms. The summed E-state index contributed by atoms with van der Waals surface area (Å²) in [5.41, 5.74) is 5.85. The van der Waals surface area contributed by atoms with Gasteiger partial charge in [-0.25, -0.2) is 0 Å². The van der Waals surface area contributed by atoms with Gasteiger partial charge in [0.2, 0.25) is 5.91 Å². The third-order valence-electron chi connectivity index (χ3n) is 3.47. The lowest BCUT2D eigenvalue weighted by atomic mass is 9.95. The van der Waals surface area contributed by atoms with Crippen molar-refractivity contribution in [1.29, 1.82) is 0 Å². The Hall–Kier alpha value is -0.610. The summed E-state index contributed by atoms with van der Waals surface area (Å²) in [4.78, 5) is 11.9. The van der Waals surface area contributed by atoms with Gasteiger partial charge in [-0.2, -0.15) is 0 Å². The number of hydrogen-bond acceptors (Lipinski definition) is 3. The highest BCUT2D eigenvalue weighted by atomic mass is 16.5. The lowest BCUT2D eigenvalue weighted by Crippen LogP contribution is -2.50. The first-order valence-corrected chi connectivity index (χ1v) is 7.07. The van der Waals surface area contributed by atoms with E-state index in [-0.39, 0.29) is 24.0 Å². The summed E-state index contributed by atoms with van der Waals surface area (Å²) >= 11 is 0. The van der Waals surface area contributed by atoms with Gasteiger partial charge in [0.1, 0.15) is 0 Å². The Kier molecular flexibility index (Phi) is 6.09. The van der Waals surface area contributed by atoms with Crippen LogP contribution in [0.3, 0.4) is 0 Å². The van der Waals surface area contributed by atoms with Crippen molar-refractivity contribution in [3.05, 3.63) is 0 Å². The van der Waals surface area contributed by atoms with Crippen LogP contribution < -0.4 is 11.1 Å². The van der Waals surface area contributed by atoms with E-state index in [9.17, 15) is 4.79 Å². The molecule has 1 amide bonds. The summed E-state index contributed by atoms with van der Waals surface area (Å²) in [7, 11) is 0. The molecule has 4 heteroatoms. The maximum absolute atomic E-state index is 11.9. The topological polar surface area (TPSA) is 64.4 Å². The zero-order chi connectivity index (χ0) is 13.7. The van der Waals surface area contributed by atoms with Crippen molar-refractivity contribution in [1.82, 2.24) is 5.32 Å². The smallest absolute Gasteiger partial charge is 0.237 e. The molecule has 0 aromatic rings. The van der Waals surface area contributed by atoms with Gasteiger partial charge in [0.25, 0.3) is 0 Å². The molecule has 1 fully saturated rings. The molecule has 0 aliphatic carbocycles. The SMILES string of the molecule is CC(C)CC1CC(NC(=O)[C@@H](N)C(C)C)CCO1. The lowest BCUT2D eigenvalue weighted by Gasteiger charge is -2.32. The van der Waals surface area contributed by atoms with Crippen LogP contribution in [0.15, 0.2) is 0 Å². The Morgan fingerprint density at radius 1 is 1.39 bits per heavy atom. The molecule has 1 saturated heterocycles. The molecule has 0 aromatic heterocycles. The highest BCUT2D eigenvalue weighted by Crippen LogP contribution is 2.20. The van der Waals surface area contributed by atoms with Crippen LogP contribution in [-0.2, 0) is 9.53 Å². The summed E-state index contributed by atoms with van der Waals surface area (Å²) in [6.07, 6.45) is 3.14. The van der Waals surface area contributed by atoms with Crippen LogP contribution in [0, 0.1) is 11.8 Å². The second-order valence-corrected chi connectivity index (χ2v) is 6.12. The van der Waals surface area contributed by atoms with E-state index in [1.807, 2.05) is 13.8 Å². The fourth-order valence-electron chi connectivity index (χ4n) is 2.30. The van der Waals surface area contributed by atoms with Crippen molar-refractivity contribution in [2.75, 3.05) is 6.61 Å². The molecule has 2 unspecified atom stereocenters. The second-order valence-electron chi connectivity index (χ2n) is 6.12. The first-order chi connectivity index (χ1) is 8.40. The zero-order valence-corrected chi connectivity index (χ0v) is 12.1. The standard InChI is InChI=1S/C14H28N2O2/c1-9(2)7-12-8-11(5-6-18-12)16-14(17)13(15)10(3)4/h9-13H,5-8,15H2,1-4H3,(H,16,17)/t11?,12?,13-/m0/s1. The molecule has 1 aliphatic rings. The van der Waals surface area contributed by atoms with Crippen LogP contribution in [0.5, 0.6) is 0 Å². The molecule has 1 aliphatic heterocycles. The van der Waals surface area contributed by atoms with Gasteiger partial charge in [-0.05, 0) is 31.1 Å². The Balaban J connectivity index is 2.40. The second kappa shape index (κ2) is 7.10. The summed E-state index contributed by atoms with van der Waals surface area (Å²) in [6.45, 7) is 9.06. The largest absolute Gasteiger partial charge is 0.378 e. The molecule has 0 bridgehead atoms. The molecular weight excluding hydrogens is 228 g/mol. The van der Waals surface area contributed by atoms with E-state index in [4.69, 9.17) is 10.5 Å². The third-order valence-corrected chi connectivity index (χ3v) is 3.47. The van der Waals surface area contributed by atoms with Crippen molar-refractivity contribution in [3.8, 4) is 0 Å². The predicted molar refractivity (Wildman–Crippen MR) is 73.2 cm³/mol. The lowest BCUT2D eigenvalue weighted by molar-refractivity contribution is -0.125. The fourth-order valence-corrected chi connectivity index (χ4v) is 2.30. The first-order valence-electron chi connectivity index (χ1n) is 7.07. The summed E-state index contributed by atoms with van der Waals surface area (Å²) in [5.74, 6) is 0.777. The van der Waals surface area contributed by atoms with Crippen molar-refractivity contribution >= 4 is 5.91 Å². The summed E-state index contributed by atoms with van der Waals surface area (Å²) in [5, 5.41) is 3.06. The number of hydrogen-bond donors (Lipinski definition) is 2. The van der Waals surface area contributed by atoms with E-state index >= 15 is 0 Å². The molecule has 1 heterocycles. The molecule has 0 radical (unpaired) electrons. The zero-order valence-electron chi connectivity index (χ0n) is 12.1. The fraction of sp³-hybridized carbons (Fsp3) is 0.929. The van der Waals surface area contributed by atoms with E-state index < -0.39 is 6.04 Å².